The standard InChI is InChI=1S/C16H16BrNO6/c1-4-22-13(19)10-6-5-9(7-11(10)17)18-8-12-23-14(20)16(2,3)15(21)24-12/h5-8,18H,4H2,1-3H3. The van der Waals surface area contributed by atoms with Gasteiger partial charge in [-0.15, -0.1) is 0 Å². The zero-order valence-corrected chi connectivity index (χ0v) is 14.9. The highest BCUT2D eigenvalue weighted by Crippen LogP contribution is 2.28. The molecule has 0 radical (unpaired) electrons. The molecule has 1 aliphatic rings. The molecule has 0 amide bonds. The maximum atomic E-state index is 11.7. The van der Waals surface area contributed by atoms with Gasteiger partial charge in [0.15, 0.2) is 5.41 Å². The summed E-state index contributed by atoms with van der Waals surface area (Å²) >= 11 is 3.29. The van der Waals surface area contributed by atoms with Gasteiger partial charge in [0.1, 0.15) is 0 Å². The van der Waals surface area contributed by atoms with Crippen molar-refractivity contribution in [1.29, 1.82) is 0 Å². The minimum atomic E-state index is -1.33. The van der Waals surface area contributed by atoms with Gasteiger partial charge in [0.2, 0.25) is 0 Å². The van der Waals surface area contributed by atoms with Crippen LogP contribution >= 0.6 is 15.9 Å². The fourth-order valence-corrected chi connectivity index (χ4v) is 2.26. The molecule has 1 fully saturated rings. The van der Waals surface area contributed by atoms with Crippen molar-refractivity contribution in [3.8, 4) is 0 Å². The molecule has 1 saturated heterocycles. The molecule has 0 aliphatic carbocycles. The van der Waals surface area contributed by atoms with E-state index in [2.05, 4.69) is 21.2 Å². The molecule has 0 unspecified atom stereocenters. The van der Waals surface area contributed by atoms with E-state index in [1.807, 2.05) is 0 Å². The lowest BCUT2D eigenvalue weighted by atomic mass is 9.93. The van der Waals surface area contributed by atoms with Crippen LogP contribution in [0, 0.1) is 5.41 Å². The van der Waals surface area contributed by atoms with Gasteiger partial charge in [0.25, 0.3) is 0 Å². The molecule has 0 spiro atoms. The average molecular weight is 398 g/mol. The maximum Gasteiger partial charge on any atom is 0.339 e. The third-order valence-electron chi connectivity index (χ3n) is 3.23. The van der Waals surface area contributed by atoms with Crippen molar-refractivity contribution in [1.82, 2.24) is 0 Å². The number of rotatable bonds is 4. The molecule has 0 saturated carbocycles. The summed E-state index contributed by atoms with van der Waals surface area (Å²) in [5.41, 5.74) is -0.367. The molecule has 0 atom stereocenters. The zero-order chi connectivity index (χ0) is 17.9. The zero-order valence-electron chi connectivity index (χ0n) is 13.3. The number of ether oxygens (including phenoxy) is 3. The number of nitrogens with one attached hydrogen (secondary N) is 1. The molecule has 1 aliphatic heterocycles. The topological polar surface area (TPSA) is 90.9 Å². The van der Waals surface area contributed by atoms with Crippen molar-refractivity contribution < 1.29 is 28.6 Å². The summed E-state index contributed by atoms with van der Waals surface area (Å²) in [4.78, 5) is 35.2. The smallest absolute Gasteiger partial charge is 0.339 e. The first-order valence-corrected chi connectivity index (χ1v) is 7.93. The molecular formula is C16H16BrNO6. The molecular weight excluding hydrogens is 382 g/mol. The van der Waals surface area contributed by atoms with Gasteiger partial charge in [0, 0.05) is 10.2 Å². The molecule has 24 heavy (non-hydrogen) atoms. The summed E-state index contributed by atoms with van der Waals surface area (Å²) in [5, 5.41) is 2.82. The van der Waals surface area contributed by atoms with Gasteiger partial charge in [-0.05, 0) is 54.9 Å². The Kier molecular flexibility index (Phi) is 5.28. The first kappa shape index (κ1) is 18.0. The lowest BCUT2D eigenvalue weighted by molar-refractivity contribution is -0.183. The van der Waals surface area contributed by atoms with Crippen molar-refractivity contribution in [2.45, 2.75) is 20.8 Å². The van der Waals surface area contributed by atoms with E-state index in [1.165, 1.54) is 20.0 Å². The molecule has 1 aromatic rings. The highest BCUT2D eigenvalue weighted by molar-refractivity contribution is 9.10. The van der Waals surface area contributed by atoms with Crippen molar-refractivity contribution in [2.75, 3.05) is 11.9 Å². The van der Waals surface area contributed by atoms with Gasteiger partial charge < -0.3 is 19.5 Å². The second-order valence-electron chi connectivity index (χ2n) is 5.43. The predicted octanol–water partition coefficient (Wildman–Crippen LogP) is 2.96. The number of cyclic esters (lactones) is 2. The van der Waals surface area contributed by atoms with Gasteiger partial charge in [0.05, 0.1) is 18.4 Å². The van der Waals surface area contributed by atoms with Crippen LogP contribution in [0.3, 0.4) is 0 Å². The van der Waals surface area contributed by atoms with E-state index in [1.54, 1.807) is 25.1 Å². The van der Waals surface area contributed by atoms with E-state index in [0.29, 0.717) is 15.7 Å². The van der Waals surface area contributed by atoms with Crippen LogP contribution in [0.4, 0.5) is 5.69 Å². The second-order valence-corrected chi connectivity index (χ2v) is 6.28. The van der Waals surface area contributed by atoms with Gasteiger partial charge in [-0.25, -0.2) is 4.79 Å². The van der Waals surface area contributed by atoms with E-state index in [-0.39, 0.29) is 12.6 Å². The first-order valence-electron chi connectivity index (χ1n) is 7.13. The van der Waals surface area contributed by atoms with Crippen molar-refractivity contribution in [3.05, 3.63) is 40.4 Å². The van der Waals surface area contributed by atoms with Gasteiger partial charge in [-0.1, -0.05) is 0 Å². The van der Waals surface area contributed by atoms with Crippen LogP contribution in [0.15, 0.2) is 34.8 Å². The molecule has 0 bridgehead atoms. The Labute approximate surface area is 147 Å². The number of benzene rings is 1. The van der Waals surface area contributed by atoms with E-state index in [4.69, 9.17) is 14.2 Å². The van der Waals surface area contributed by atoms with E-state index < -0.39 is 23.3 Å². The summed E-state index contributed by atoms with van der Waals surface area (Å²) in [6.45, 7) is 4.85. The molecule has 0 aromatic heterocycles. The first-order chi connectivity index (χ1) is 11.3. The number of hydrogen-bond acceptors (Lipinski definition) is 7. The third kappa shape index (κ3) is 3.76. The molecule has 1 aromatic carbocycles. The third-order valence-corrected chi connectivity index (χ3v) is 3.88. The van der Waals surface area contributed by atoms with Gasteiger partial charge in [-0.2, -0.15) is 0 Å². The SMILES string of the molecule is CCOC(=O)c1ccc(NC=C2OC(=O)C(C)(C)C(=O)O2)cc1Br. The predicted molar refractivity (Wildman–Crippen MR) is 87.8 cm³/mol. The average Bonchev–Trinajstić information content (AvgIpc) is 2.51. The molecule has 1 N–H and O–H groups in total. The number of carbonyl (C=O) groups is 3. The van der Waals surface area contributed by atoms with Crippen LogP contribution in [0.5, 0.6) is 0 Å². The lowest BCUT2D eigenvalue weighted by Crippen LogP contribution is -2.41. The molecule has 1 heterocycles. The van der Waals surface area contributed by atoms with Crippen LogP contribution in [0.1, 0.15) is 31.1 Å². The van der Waals surface area contributed by atoms with Crippen LogP contribution in [-0.2, 0) is 23.8 Å². The fourth-order valence-electron chi connectivity index (χ4n) is 1.72. The number of halogens is 1. The van der Waals surface area contributed by atoms with Gasteiger partial charge in [-0.3, -0.25) is 9.59 Å². The Balaban J connectivity index is 2.10. The molecule has 128 valence electrons. The number of carbonyl (C=O) groups excluding carboxylic acids is 3. The highest BCUT2D eigenvalue weighted by Gasteiger charge is 2.45. The summed E-state index contributed by atoms with van der Waals surface area (Å²) < 4.78 is 15.4. The quantitative estimate of drug-likeness (QED) is 0.616. The minimum Gasteiger partial charge on any atom is -0.462 e. The van der Waals surface area contributed by atoms with Crippen molar-refractivity contribution >= 4 is 39.5 Å². The van der Waals surface area contributed by atoms with E-state index >= 15 is 0 Å². The largest absolute Gasteiger partial charge is 0.462 e. The summed E-state index contributed by atoms with van der Waals surface area (Å²) in [7, 11) is 0. The Hall–Kier alpha value is -2.35. The Bertz CT molecular complexity index is 703. The Morgan fingerprint density at radius 2 is 1.92 bits per heavy atom. The maximum absolute atomic E-state index is 11.7. The molecule has 7 nitrogen and oxygen atoms in total. The van der Waals surface area contributed by atoms with Crippen molar-refractivity contribution in [3.63, 3.8) is 0 Å². The molecule has 8 heteroatoms. The van der Waals surface area contributed by atoms with Crippen LogP contribution in [-0.4, -0.2) is 24.5 Å². The summed E-state index contributed by atoms with van der Waals surface area (Å²) in [6, 6.07) is 4.84. The number of anilines is 1. The minimum absolute atomic E-state index is 0.241. The highest BCUT2D eigenvalue weighted by atomic mass is 79.9. The fraction of sp³-hybridized carbons (Fsp3) is 0.312. The van der Waals surface area contributed by atoms with Gasteiger partial charge >= 0.3 is 23.9 Å². The Morgan fingerprint density at radius 1 is 1.29 bits per heavy atom. The number of hydrogen-bond donors (Lipinski definition) is 1. The van der Waals surface area contributed by atoms with Crippen LogP contribution < -0.4 is 5.32 Å². The van der Waals surface area contributed by atoms with Crippen LogP contribution in [0.25, 0.3) is 0 Å². The summed E-state index contributed by atoms with van der Waals surface area (Å²) in [5.74, 6) is -2.06. The number of esters is 3. The Morgan fingerprint density at radius 3 is 2.46 bits per heavy atom. The van der Waals surface area contributed by atoms with Crippen LogP contribution in [0.2, 0.25) is 0 Å². The van der Waals surface area contributed by atoms with Crippen molar-refractivity contribution in [2.24, 2.45) is 5.41 Å². The lowest BCUT2D eigenvalue weighted by Gasteiger charge is -2.26. The monoisotopic (exact) mass is 397 g/mol. The summed E-state index contributed by atoms with van der Waals surface area (Å²) in [6.07, 6.45) is 1.25. The van der Waals surface area contributed by atoms with E-state index in [0.717, 1.165) is 0 Å². The van der Waals surface area contributed by atoms with E-state index in [9.17, 15) is 14.4 Å². The normalized spacial score (nSPS) is 16.1. The molecule has 2 rings (SSSR count). The second kappa shape index (κ2) is 7.04.